The molecule has 2 aromatic carbocycles. The standard InChI is InChI=1S/C22H20BrNO4/c1-4-28-17-11-9-16(10-12-17)24-14(2)20(22(26)27-3)18(21(24)25)13-15-7-5-6-8-19(15)23/h5-13H,4H2,1-3H3/b18-13-. The first-order valence-corrected chi connectivity index (χ1v) is 9.60. The summed E-state index contributed by atoms with van der Waals surface area (Å²) in [5.74, 6) is -0.105. The Hall–Kier alpha value is -2.86. The molecule has 0 atom stereocenters. The molecule has 6 heteroatoms. The number of anilines is 1. The van der Waals surface area contributed by atoms with E-state index in [1.54, 1.807) is 37.3 Å². The van der Waals surface area contributed by atoms with Crippen molar-refractivity contribution in [1.82, 2.24) is 0 Å². The van der Waals surface area contributed by atoms with Gasteiger partial charge in [-0.15, -0.1) is 0 Å². The molecule has 5 nitrogen and oxygen atoms in total. The summed E-state index contributed by atoms with van der Waals surface area (Å²) in [6.07, 6.45) is 1.71. The van der Waals surface area contributed by atoms with Gasteiger partial charge in [-0.2, -0.15) is 0 Å². The molecule has 0 aliphatic carbocycles. The van der Waals surface area contributed by atoms with E-state index >= 15 is 0 Å². The molecule has 0 unspecified atom stereocenters. The Labute approximate surface area is 172 Å². The number of hydrogen-bond donors (Lipinski definition) is 0. The third kappa shape index (κ3) is 3.73. The number of carbonyl (C=O) groups excluding carboxylic acids is 2. The fraction of sp³-hybridized carbons (Fsp3) is 0.182. The van der Waals surface area contributed by atoms with Crippen LogP contribution in [0.3, 0.4) is 0 Å². The van der Waals surface area contributed by atoms with Crippen molar-refractivity contribution >= 4 is 39.6 Å². The molecule has 0 bridgehead atoms. The Morgan fingerprint density at radius 2 is 1.82 bits per heavy atom. The molecular weight excluding hydrogens is 422 g/mol. The van der Waals surface area contributed by atoms with E-state index < -0.39 is 5.97 Å². The topological polar surface area (TPSA) is 55.8 Å². The van der Waals surface area contributed by atoms with Gasteiger partial charge in [0.15, 0.2) is 0 Å². The molecule has 1 aliphatic heterocycles. The van der Waals surface area contributed by atoms with Crippen LogP contribution in [0.5, 0.6) is 5.75 Å². The van der Waals surface area contributed by atoms with Gasteiger partial charge in [-0.1, -0.05) is 34.1 Å². The molecule has 2 aromatic rings. The van der Waals surface area contributed by atoms with Crippen LogP contribution in [0.1, 0.15) is 19.4 Å². The normalized spacial score (nSPS) is 15.4. The Kier molecular flexibility index (Phi) is 5.99. The molecular formula is C22H20BrNO4. The van der Waals surface area contributed by atoms with Gasteiger partial charge in [-0.05, 0) is 55.8 Å². The fourth-order valence-corrected chi connectivity index (χ4v) is 3.50. The Morgan fingerprint density at radius 3 is 2.43 bits per heavy atom. The summed E-state index contributed by atoms with van der Waals surface area (Å²) in [4.78, 5) is 27.2. The first-order chi connectivity index (χ1) is 13.5. The zero-order valence-corrected chi connectivity index (χ0v) is 17.4. The number of methoxy groups -OCH3 is 1. The molecule has 0 fully saturated rings. The maximum absolute atomic E-state index is 13.2. The molecule has 0 aromatic heterocycles. The van der Waals surface area contributed by atoms with Gasteiger partial charge in [-0.25, -0.2) is 4.79 Å². The van der Waals surface area contributed by atoms with Gasteiger partial charge in [0.1, 0.15) is 5.75 Å². The van der Waals surface area contributed by atoms with Gasteiger partial charge in [-0.3, -0.25) is 9.69 Å². The lowest BCUT2D eigenvalue weighted by Crippen LogP contribution is -2.24. The van der Waals surface area contributed by atoms with E-state index in [0.29, 0.717) is 23.6 Å². The second-order valence-corrected chi connectivity index (χ2v) is 6.95. The van der Waals surface area contributed by atoms with E-state index in [4.69, 9.17) is 9.47 Å². The zero-order chi connectivity index (χ0) is 20.3. The molecule has 0 spiro atoms. The number of allylic oxidation sites excluding steroid dienone is 1. The van der Waals surface area contributed by atoms with Crippen LogP contribution in [-0.4, -0.2) is 25.6 Å². The van der Waals surface area contributed by atoms with Gasteiger partial charge >= 0.3 is 5.97 Å². The number of amides is 1. The third-order valence-electron chi connectivity index (χ3n) is 4.40. The summed E-state index contributed by atoms with van der Waals surface area (Å²) < 4.78 is 11.2. The van der Waals surface area contributed by atoms with Crippen molar-refractivity contribution in [2.24, 2.45) is 0 Å². The van der Waals surface area contributed by atoms with Crippen LogP contribution in [-0.2, 0) is 14.3 Å². The van der Waals surface area contributed by atoms with Crippen LogP contribution >= 0.6 is 15.9 Å². The van der Waals surface area contributed by atoms with E-state index in [9.17, 15) is 9.59 Å². The second kappa shape index (κ2) is 8.44. The molecule has 0 saturated carbocycles. The smallest absolute Gasteiger partial charge is 0.340 e. The number of carbonyl (C=O) groups is 2. The largest absolute Gasteiger partial charge is 0.494 e. The maximum Gasteiger partial charge on any atom is 0.340 e. The summed E-state index contributed by atoms with van der Waals surface area (Å²) in [7, 11) is 1.31. The van der Waals surface area contributed by atoms with Crippen LogP contribution in [0.15, 0.2) is 69.8 Å². The van der Waals surface area contributed by atoms with Crippen LogP contribution < -0.4 is 9.64 Å². The van der Waals surface area contributed by atoms with Crippen molar-refractivity contribution < 1.29 is 19.1 Å². The number of esters is 1. The predicted octanol–water partition coefficient (Wildman–Crippen LogP) is 4.73. The van der Waals surface area contributed by atoms with Crippen molar-refractivity contribution in [3.63, 3.8) is 0 Å². The summed E-state index contributed by atoms with van der Waals surface area (Å²) in [5, 5.41) is 0. The lowest BCUT2D eigenvalue weighted by atomic mass is 10.0. The van der Waals surface area contributed by atoms with Gasteiger partial charge in [0.2, 0.25) is 0 Å². The lowest BCUT2D eigenvalue weighted by molar-refractivity contribution is -0.136. The quantitative estimate of drug-likeness (QED) is 0.497. The van der Waals surface area contributed by atoms with Crippen molar-refractivity contribution in [1.29, 1.82) is 0 Å². The molecule has 3 rings (SSSR count). The SMILES string of the molecule is CCOc1ccc(N2C(=O)/C(=C\c3ccccc3Br)C(C(=O)OC)=C2C)cc1. The third-order valence-corrected chi connectivity index (χ3v) is 5.12. The monoisotopic (exact) mass is 441 g/mol. The second-order valence-electron chi connectivity index (χ2n) is 6.10. The average Bonchev–Trinajstić information content (AvgIpc) is 2.94. The minimum absolute atomic E-state index is 0.261. The number of benzene rings is 2. The minimum Gasteiger partial charge on any atom is -0.494 e. The number of hydrogen-bond acceptors (Lipinski definition) is 4. The number of halogens is 1. The van der Waals surface area contributed by atoms with E-state index in [1.165, 1.54) is 12.0 Å². The van der Waals surface area contributed by atoms with Crippen LogP contribution in [0, 0.1) is 0 Å². The van der Waals surface area contributed by atoms with Crippen molar-refractivity contribution in [2.45, 2.75) is 13.8 Å². The summed E-state index contributed by atoms with van der Waals surface area (Å²) in [5.41, 5.74) is 2.54. The Balaban J connectivity index is 2.09. The van der Waals surface area contributed by atoms with Crippen LogP contribution in [0.2, 0.25) is 0 Å². The van der Waals surface area contributed by atoms with E-state index in [-0.39, 0.29) is 11.5 Å². The fourth-order valence-electron chi connectivity index (χ4n) is 3.10. The molecule has 1 heterocycles. The highest BCUT2D eigenvalue weighted by atomic mass is 79.9. The van der Waals surface area contributed by atoms with Crippen molar-refractivity contribution in [3.8, 4) is 5.75 Å². The lowest BCUT2D eigenvalue weighted by Gasteiger charge is -2.18. The molecule has 1 aliphatic rings. The van der Waals surface area contributed by atoms with Crippen molar-refractivity contribution in [3.05, 3.63) is 75.4 Å². The van der Waals surface area contributed by atoms with Gasteiger partial charge in [0, 0.05) is 15.9 Å². The first-order valence-electron chi connectivity index (χ1n) is 8.81. The average molecular weight is 442 g/mol. The molecule has 1 amide bonds. The van der Waals surface area contributed by atoms with E-state index in [0.717, 1.165) is 15.8 Å². The van der Waals surface area contributed by atoms with Crippen LogP contribution in [0.4, 0.5) is 5.69 Å². The summed E-state index contributed by atoms with van der Waals surface area (Å²) >= 11 is 3.48. The molecule has 28 heavy (non-hydrogen) atoms. The van der Waals surface area contributed by atoms with Gasteiger partial charge in [0.05, 0.1) is 24.9 Å². The summed E-state index contributed by atoms with van der Waals surface area (Å²) in [6, 6.07) is 14.7. The molecule has 0 radical (unpaired) electrons. The highest BCUT2D eigenvalue weighted by Gasteiger charge is 2.38. The van der Waals surface area contributed by atoms with Crippen molar-refractivity contribution in [2.75, 3.05) is 18.6 Å². The minimum atomic E-state index is -0.544. The number of nitrogens with zero attached hydrogens (tertiary/aromatic N) is 1. The first kappa shape index (κ1) is 19.9. The van der Waals surface area contributed by atoms with E-state index in [2.05, 4.69) is 15.9 Å². The Morgan fingerprint density at radius 1 is 1.14 bits per heavy atom. The Bertz CT molecular complexity index is 976. The van der Waals surface area contributed by atoms with Gasteiger partial charge < -0.3 is 9.47 Å². The highest BCUT2D eigenvalue weighted by Crippen LogP contribution is 2.36. The summed E-state index contributed by atoms with van der Waals surface area (Å²) in [6.45, 7) is 4.21. The number of rotatable bonds is 5. The number of ether oxygens (including phenoxy) is 2. The predicted molar refractivity (Wildman–Crippen MR) is 112 cm³/mol. The molecule has 144 valence electrons. The maximum atomic E-state index is 13.2. The van der Waals surface area contributed by atoms with E-state index in [1.807, 2.05) is 31.2 Å². The molecule has 0 saturated heterocycles. The zero-order valence-electron chi connectivity index (χ0n) is 15.9. The highest BCUT2D eigenvalue weighted by molar-refractivity contribution is 9.10. The molecule has 0 N–H and O–H groups in total. The van der Waals surface area contributed by atoms with Crippen LogP contribution in [0.25, 0.3) is 6.08 Å². The van der Waals surface area contributed by atoms with Gasteiger partial charge in [0.25, 0.3) is 5.91 Å².